The van der Waals surface area contributed by atoms with Crippen molar-refractivity contribution in [2.24, 2.45) is 5.41 Å². The third kappa shape index (κ3) is 4.09. The van der Waals surface area contributed by atoms with Crippen LogP contribution in [0.3, 0.4) is 0 Å². The largest absolute Gasteiger partial charge is 0.492 e. The third-order valence-electron chi connectivity index (χ3n) is 5.16. The van der Waals surface area contributed by atoms with Gasteiger partial charge in [0.1, 0.15) is 5.75 Å². The fourth-order valence-corrected chi connectivity index (χ4v) is 3.59. The molecular weight excluding hydrogens is 392 g/mol. The Balaban J connectivity index is 1.84. The van der Waals surface area contributed by atoms with E-state index >= 15 is 0 Å². The van der Waals surface area contributed by atoms with Gasteiger partial charge in [0, 0.05) is 45.6 Å². The highest BCUT2D eigenvalue weighted by molar-refractivity contribution is 7.89. The van der Waals surface area contributed by atoms with Crippen molar-refractivity contribution in [3.8, 4) is 16.9 Å². The van der Waals surface area contributed by atoms with Crippen LogP contribution < -0.4 is 9.46 Å². The van der Waals surface area contributed by atoms with Gasteiger partial charge >= 0.3 is 0 Å². The van der Waals surface area contributed by atoms with Crippen molar-refractivity contribution < 1.29 is 17.9 Å². The molecule has 8 nitrogen and oxygen atoms in total. The number of amides is 1. The average Bonchev–Trinajstić information content (AvgIpc) is 3.29. The summed E-state index contributed by atoms with van der Waals surface area (Å²) in [5.74, 6) is -0.123. The van der Waals surface area contributed by atoms with Gasteiger partial charge < -0.3 is 4.74 Å². The van der Waals surface area contributed by atoms with E-state index in [1.165, 1.54) is 0 Å². The van der Waals surface area contributed by atoms with Crippen molar-refractivity contribution in [2.45, 2.75) is 26.7 Å². The summed E-state index contributed by atoms with van der Waals surface area (Å²) in [6.07, 6.45) is 6.42. The molecule has 1 fully saturated rings. The van der Waals surface area contributed by atoms with Gasteiger partial charge in [-0.2, -0.15) is 5.10 Å². The third-order valence-corrected chi connectivity index (χ3v) is 5.71. The molecule has 0 radical (unpaired) electrons. The molecule has 0 bridgehead atoms. The van der Waals surface area contributed by atoms with Gasteiger partial charge in [-0.1, -0.05) is 6.92 Å². The Morgan fingerprint density at radius 1 is 1.31 bits per heavy atom. The Hall–Kier alpha value is -2.94. The van der Waals surface area contributed by atoms with Crippen LogP contribution in [0.25, 0.3) is 22.0 Å². The number of aromatic amines is 1. The summed E-state index contributed by atoms with van der Waals surface area (Å²) in [7, 11) is -3.72. The summed E-state index contributed by atoms with van der Waals surface area (Å²) in [6.45, 7) is 4.57. The van der Waals surface area contributed by atoms with Crippen LogP contribution in [0.1, 0.15) is 35.8 Å². The number of sulfonamides is 1. The molecule has 1 aliphatic carbocycles. The molecule has 2 aromatic heterocycles. The number of rotatable bonds is 6. The van der Waals surface area contributed by atoms with Gasteiger partial charge in [0.15, 0.2) is 0 Å². The van der Waals surface area contributed by atoms with Crippen molar-refractivity contribution >= 4 is 26.8 Å². The number of hydrogen-bond acceptors (Lipinski definition) is 6. The van der Waals surface area contributed by atoms with Gasteiger partial charge in [0.2, 0.25) is 10.0 Å². The summed E-state index contributed by atoms with van der Waals surface area (Å²) in [4.78, 5) is 17.0. The number of pyridine rings is 1. The quantitative estimate of drug-likeness (QED) is 0.641. The number of H-pyrrole nitrogens is 1. The standard InChI is InChI=1S/C20H22N4O4S/c1-12-13-8-15(19(25)24-29(3,26)27)14(9-17(13)23-22-12)16-10-21-7-4-18(16)28-11-20(2)5-6-20/h4,7-10H,5-6,11H2,1-3H3,(H,22,23)(H,24,25). The molecule has 29 heavy (non-hydrogen) atoms. The first-order valence-electron chi connectivity index (χ1n) is 9.23. The fraction of sp³-hybridized carbons (Fsp3) is 0.350. The molecule has 0 spiro atoms. The van der Waals surface area contributed by atoms with Gasteiger partial charge in [-0.15, -0.1) is 0 Å². The van der Waals surface area contributed by atoms with E-state index in [0.717, 1.165) is 30.2 Å². The number of nitrogens with one attached hydrogen (secondary N) is 2. The number of carbonyl (C=O) groups is 1. The Morgan fingerprint density at radius 3 is 2.76 bits per heavy atom. The van der Waals surface area contributed by atoms with E-state index in [-0.39, 0.29) is 11.0 Å². The van der Waals surface area contributed by atoms with Gasteiger partial charge in [0.05, 0.1) is 18.4 Å². The number of aromatic nitrogens is 3. The summed E-state index contributed by atoms with van der Waals surface area (Å²) in [6, 6.07) is 5.14. The molecule has 1 aliphatic rings. The van der Waals surface area contributed by atoms with Crippen molar-refractivity contribution in [1.29, 1.82) is 0 Å². The monoisotopic (exact) mass is 414 g/mol. The zero-order valence-electron chi connectivity index (χ0n) is 16.4. The van der Waals surface area contributed by atoms with E-state index in [1.54, 1.807) is 30.6 Å². The second-order valence-corrected chi connectivity index (χ2v) is 9.69. The molecule has 1 amide bonds. The van der Waals surface area contributed by atoms with E-state index in [9.17, 15) is 13.2 Å². The second-order valence-electron chi connectivity index (χ2n) is 7.94. The zero-order chi connectivity index (χ0) is 20.8. The number of aryl methyl sites for hydroxylation is 1. The molecular formula is C20H22N4O4S. The lowest BCUT2D eigenvalue weighted by Crippen LogP contribution is -2.29. The van der Waals surface area contributed by atoms with Crippen LogP contribution in [0.2, 0.25) is 0 Å². The van der Waals surface area contributed by atoms with Crippen molar-refractivity contribution in [2.75, 3.05) is 12.9 Å². The number of fused-ring (bicyclic) bond motifs is 1. The predicted octanol–water partition coefficient (Wildman–Crippen LogP) is 2.80. The number of ether oxygens (including phenoxy) is 1. The van der Waals surface area contributed by atoms with Crippen LogP contribution in [0.15, 0.2) is 30.6 Å². The molecule has 0 atom stereocenters. The Morgan fingerprint density at radius 2 is 2.07 bits per heavy atom. The maximum absolute atomic E-state index is 12.8. The zero-order valence-corrected chi connectivity index (χ0v) is 17.3. The molecule has 0 unspecified atom stereocenters. The predicted molar refractivity (Wildman–Crippen MR) is 109 cm³/mol. The Kier molecular flexibility index (Phi) is 4.57. The van der Waals surface area contributed by atoms with Gasteiger partial charge in [0.25, 0.3) is 5.91 Å². The van der Waals surface area contributed by atoms with Crippen molar-refractivity contribution in [1.82, 2.24) is 19.9 Å². The molecule has 0 saturated heterocycles. The average molecular weight is 414 g/mol. The van der Waals surface area contributed by atoms with Crippen LogP contribution in [0.4, 0.5) is 0 Å². The molecule has 1 aromatic carbocycles. The molecule has 0 aliphatic heterocycles. The lowest BCUT2D eigenvalue weighted by atomic mass is 9.97. The smallest absolute Gasteiger partial charge is 0.265 e. The maximum atomic E-state index is 12.8. The van der Waals surface area contributed by atoms with Crippen LogP contribution >= 0.6 is 0 Å². The van der Waals surface area contributed by atoms with E-state index in [0.29, 0.717) is 29.0 Å². The molecule has 1 saturated carbocycles. The van der Waals surface area contributed by atoms with Crippen molar-refractivity contribution in [3.05, 3.63) is 41.9 Å². The van der Waals surface area contributed by atoms with E-state index in [2.05, 4.69) is 22.1 Å². The van der Waals surface area contributed by atoms with E-state index in [1.807, 2.05) is 11.6 Å². The van der Waals surface area contributed by atoms with Gasteiger partial charge in [-0.25, -0.2) is 13.1 Å². The first kappa shape index (κ1) is 19.4. The number of carbonyl (C=O) groups excluding carboxylic acids is 1. The Labute approximate surface area is 168 Å². The Bertz CT molecular complexity index is 1210. The SMILES string of the molecule is Cc1[nH]nc2cc(-c3cnccc3OCC3(C)CC3)c(C(=O)NS(C)(=O)=O)cc12. The molecule has 9 heteroatoms. The highest BCUT2D eigenvalue weighted by atomic mass is 32.2. The molecule has 2 heterocycles. The highest BCUT2D eigenvalue weighted by Crippen LogP contribution is 2.45. The van der Waals surface area contributed by atoms with Crippen molar-refractivity contribution in [3.63, 3.8) is 0 Å². The second kappa shape index (κ2) is 6.84. The topological polar surface area (TPSA) is 114 Å². The van der Waals surface area contributed by atoms with E-state index in [4.69, 9.17) is 4.74 Å². The summed E-state index contributed by atoms with van der Waals surface area (Å²) in [5.41, 5.74) is 2.96. The minimum absolute atomic E-state index is 0.181. The van der Waals surface area contributed by atoms with Crippen LogP contribution in [-0.4, -0.2) is 42.4 Å². The number of nitrogens with zero attached hydrogens (tertiary/aromatic N) is 2. The first-order chi connectivity index (χ1) is 13.7. The summed E-state index contributed by atoms with van der Waals surface area (Å²) in [5, 5.41) is 7.90. The normalized spacial score (nSPS) is 15.3. The van der Waals surface area contributed by atoms with Gasteiger partial charge in [-0.05, 0) is 38.0 Å². The fourth-order valence-electron chi connectivity index (χ4n) is 3.14. The highest BCUT2D eigenvalue weighted by Gasteiger charge is 2.38. The van der Waals surface area contributed by atoms with Crippen LogP contribution in [-0.2, 0) is 10.0 Å². The van der Waals surface area contributed by atoms with Crippen LogP contribution in [0.5, 0.6) is 5.75 Å². The first-order valence-corrected chi connectivity index (χ1v) is 11.1. The number of benzene rings is 1. The van der Waals surface area contributed by atoms with Gasteiger partial charge in [-0.3, -0.25) is 14.9 Å². The van der Waals surface area contributed by atoms with E-state index < -0.39 is 15.9 Å². The number of hydrogen-bond donors (Lipinski definition) is 2. The maximum Gasteiger partial charge on any atom is 0.265 e. The summed E-state index contributed by atoms with van der Waals surface area (Å²) < 4.78 is 31.4. The lowest BCUT2D eigenvalue weighted by Gasteiger charge is -2.16. The minimum Gasteiger partial charge on any atom is -0.492 e. The lowest BCUT2D eigenvalue weighted by molar-refractivity contribution is 0.0982. The summed E-state index contributed by atoms with van der Waals surface area (Å²) >= 11 is 0. The minimum atomic E-state index is -3.72. The molecule has 3 aromatic rings. The molecule has 2 N–H and O–H groups in total. The van der Waals surface area contributed by atoms with Crippen LogP contribution in [0, 0.1) is 12.3 Å². The molecule has 4 rings (SSSR count). The molecule has 152 valence electrons.